The molecular formula is C21H21NO2. The predicted molar refractivity (Wildman–Crippen MR) is 98.6 cm³/mol. The minimum atomic E-state index is -0.274. The smallest absolute Gasteiger partial charge is 0.333 e. The van der Waals surface area contributed by atoms with Crippen LogP contribution in [0.5, 0.6) is 0 Å². The lowest BCUT2D eigenvalue weighted by atomic mass is 10.0. The lowest BCUT2D eigenvalue weighted by Gasteiger charge is -2.07. The number of benzene rings is 2. The second-order valence-electron chi connectivity index (χ2n) is 5.75. The summed E-state index contributed by atoms with van der Waals surface area (Å²) in [6.07, 6.45) is 1.93. The third-order valence-electron chi connectivity index (χ3n) is 4.15. The van der Waals surface area contributed by atoms with Crippen LogP contribution in [0.25, 0.3) is 28.2 Å². The van der Waals surface area contributed by atoms with E-state index in [-0.39, 0.29) is 5.97 Å². The molecule has 0 aliphatic carbocycles. The Kier molecular flexibility index (Phi) is 4.52. The number of rotatable bonds is 4. The molecule has 0 amide bonds. The summed E-state index contributed by atoms with van der Waals surface area (Å²) in [7, 11) is 2.06. The maximum Gasteiger partial charge on any atom is 0.333 e. The summed E-state index contributed by atoms with van der Waals surface area (Å²) in [5, 5.41) is 1.13. The second kappa shape index (κ2) is 6.75. The zero-order valence-corrected chi connectivity index (χ0v) is 14.2. The van der Waals surface area contributed by atoms with E-state index in [1.54, 1.807) is 6.92 Å². The fourth-order valence-corrected chi connectivity index (χ4v) is 3.03. The number of hydrogen-bond donors (Lipinski definition) is 0. The van der Waals surface area contributed by atoms with Crippen LogP contribution >= 0.6 is 0 Å². The van der Waals surface area contributed by atoms with Gasteiger partial charge in [0.25, 0.3) is 0 Å². The van der Waals surface area contributed by atoms with Gasteiger partial charge in [0, 0.05) is 29.1 Å². The van der Waals surface area contributed by atoms with E-state index in [0.29, 0.717) is 12.2 Å². The number of aryl methyl sites for hydroxylation is 1. The Morgan fingerprint density at radius 3 is 2.46 bits per heavy atom. The molecule has 0 aliphatic heterocycles. The van der Waals surface area contributed by atoms with Crippen molar-refractivity contribution < 1.29 is 9.53 Å². The first-order chi connectivity index (χ1) is 11.6. The third kappa shape index (κ3) is 2.85. The van der Waals surface area contributed by atoms with Crippen LogP contribution in [-0.4, -0.2) is 17.1 Å². The molecule has 0 fully saturated rings. The third-order valence-corrected chi connectivity index (χ3v) is 4.15. The van der Waals surface area contributed by atoms with Crippen molar-refractivity contribution in [1.29, 1.82) is 0 Å². The van der Waals surface area contributed by atoms with E-state index in [2.05, 4.69) is 35.9 Å². The fourth-order valence-electron chi connectivity index (χ4n) is 3.03. The normalized spacial score (nSPS) is 11.7. The highest BCUT2D eigenvalue weighted by atomic mass is 16.5. The van der Waals surface area contributed by atoms with Crippen molar-refractivity contribution in [2.24, 2.45) is 7.05 Å². The standard InChI is InChI=1S/C21H21NO2/c1-4-24-21(23)15(2)14-18-17-12-8-9-13-19(17)22(3)20(18)16-10-6-5-7-11-16/h5-14H,4H2,1-3H3. The molecular weight excluding hydrogens is 298 g/mol. The largest absolute Gasteiger partial charge is 0.463 e. The molecule has 0 N–H and O–H groups in total. The number of hydrogen-bond acceptors (Lipinski definition) is 2. The summed E-state index contributed by atoms with van der Waals surface area (Å²) in [4.78, 5) is 12.0. The molecule has 122 valence electrons. The van der Waals surface area contributed by atoms with Gasteiger partial charge >= 0.3 is 5.97 Å². The van der Waals surface area contributed by atoms with Gasteiger partial charge < -0.3 is 9.30 Å². The molecule has 0 aliphatic rings. The maximum atomic E-state index is 12.0. The summed E-state index contributed by atoms with van der Waals surface area (Å²) in [5.41, 5.74) is 5.01. The Balaban J connectivity index is 2.26. The monoisotopic (exact) mass is 319 g/mol. The van der Waals surface area contributed by atoms with Gasteiger partial charge in [0.1, 0.15) is 0 Å². The van der Waals surface area contributed by atoms with Crippen molar-refractivity contribution in [2.45, 2.75) is 13.8 Å². The van der Waals surface area contributed by atoms with Crippen LogP contribution in [0.15, 0.2) is 60.2 Å². The van der Waals surface area contributed by atoms with Gasteiger partial charge in [-0.25, -0.2) is 4.79 Å². The molecule has 3 rings (SSSR count). The van der Waals surface area contributed by atoms with E-state index in [4.69, 9.17) is 4.74 Å². The quantitative estimate of drug-likeness (QED) is 0.510. The van der Waals surface area contributed by atoms with Crippen LogP contribution in [0.2, 0.25) is 0 Å². The maximum absolute atomic E-state index is 12.0. The molecule has 24 heavy (non-hydrogen) atoms. The van der Waals surface area contributed by atoms with E-state index in [1.165, 1.54) is 0 Å². The van der Waals surface area contributed by atoms with Crippen LogP contribution in [0.3, 0.4) is 0 Å². The van der Waals surface area contributed by atoms with E-state index >= 15 is 0 Å². The SMILES string of the molecule is CCOC(=O)C(C)=Cc1c(-c2ccccc2)n(C)c2ccccc12. The summed E-state index contributed by atoms with van der Waals surface area (Å²) in [6.45, 7) is 4.00. The average Bonchev–Trinajstić information content (AvgIpc) is 2.88. The van der Waals surface area contributed by atoms with Crippen molar-refractivity contribution >= 4 is 22.9 Å². The predicted octanol–water partition coefficient (Wildman–Crippen LogP) is 4.81. The van der Waals surface area contributed by atoms with Crippen LogP contribution in [0, 0.1) is 0 Å². The highest BCUT2D eigenvalue weighted by molar-refractivity contribution is 6.02. The number of esters is 1. The molecule has 1 aromatic heterocycles. The fraction of sp³-hybridized carbons (Fsp3) is 0.190. The van der Waals surface area contributed by atoms with E-state index in [9.17, 15) is 4.79 Å². The van der Waals surface area contributed by atoms with Gasteiger partial charge in [0.2, 0.25) is 0 Å². The average molecular weight is 319 g/mol. The number of fused-ring (bicyclic) bond motifs is 1. The molecule has 0 saturated carbocycles. The molecule has 0 saturated heterocycles. The first-order valence-corrected chi connectivity index (χ1v) is 8.11. The van der Waals surface area contributed by atoms with Crippen molar-refractivity contribution in [3.8, 4) is 11.3 Å². The highest BCUT2D eigenvalue weighted by Crippen LogP contribution is 2.34. The van der Waals surface area contributed by atoms with Gasteiger partial charge in [-0.15, -0.1) is 0 Å². The summed E-state index contributed by atoms with van der Waals surface area (Å²) < 4.78 is 7.30. The van der Waals surface area contributed by atoms with Crippen LogP contribution in [0.1, 0.15) is 19.4 Å². The number of nitrogens with zero attached hydrogens (tertiary/aromatic N) is 1. The van der Waals surface area contributed by atoms with Gasteiger partial charge in [0.15, 0.2) is 0 Å². The second-order valence-corrected chi connectivity index (χ2v) is 5.75. The van der Waals surface area contributed by atoms with E-state index < -0.39 is 0 Å². The summed E-state index contributed by atoms with van der Waals surface area (Å²) >= 11 is 0. The molecule has 0 spiro atoms. The molecule has 3 heteroatoms. The Morgan fingerprint density at radius 2 is 1.75 bits per heavy atom. The number of carbonyl (C=O) groups excluding carboxylic acids is 1. The summed E-state index contributed by atoms with van der Waals surface area (Å²) in [6, 6.07) is 18.5. The molecule has 0 atom stereocenters. The highest BCUT2D eigenvalue weighted by Gasteiger charge is 2.16. The van der Waals surface area contributed by atoms with Gasteiger partial charge in [0.05, 0.1) is 12.3 Å². The van der Waals surface area contributed by atoms with Crippen molar-refractivity contribution in [2.75, 3.05) is 6.61 Å². The Morgan fingerprint density at radius 1 is 1.08 bits per heavy atom. The van der Waals surface area contributed by atoms with Crippen LogP contribution in [0.4, 0.5) is 0 Å². The molecule has 2 aromatic carbocycles. The molecule has 1 heterocycles. The summed E-state index contributed by atoms with van der Waals surface area (Å²) in [5.74, 6) is -0.274. The van der Waals surface area contributed by atoms with Crippen molar-refractivity contribution in [3.63, 3.8) is 0 Å². The first kappa shape index (κ1) is 16.1. The first-order valence-electron chi connectivity index (χ1n) is 8.11. The van der Waals surface area contributed by atoms with Gasteiger partial charge in [-0.3, -0.25) is 0 Å². The molecule has 3 nitrogen and oxygen atoms in total. The number of aromatic nitrogens is 1. The minimum absolute atomic E-state index is 0.274. The molecule has 0 bridgehead atoms. The van der Waals surface area contributed by atoms with E-state index in [0.717, 1.165) is 27.7 Å². The molecule has 3 aromatic rings. The van der Waals surface area contributed by atoms with Crippen molar-refractivity contribution in [1.82, 2.24) is 4.57 Å². The lowest BCUT2D eigenvalue weighted by molar-refractivity contribution is -0.138. The van der Waals surface area contributed by atoms with Crippen molar-refractivity contribution in [3.05, 3.63) is 65.7 Å². The number of carbonyl (C=O) groups is 1. The number of para-hydroxylation sites is 1. The Labute approximate surface area is 142 Å². The van der Waals surface area contributed by atoms with Crippen LogP contribution < -0.4 is 0 Å². The Bertz CT molecular complexity index is 904. The number of ether oxygens (including phenoxy) is 1. The zero-order valence-electron chi connectivity index (χ0n) is 14.2. The molecule has 0 unspecified atom stereocenters. The van der Waals surface area contributed by atoms with E-state index in [1.807, 2.05) is 43.3 Å². The van der Waals surface area contributed by atoms with Crippen LogP contribution in [-0.2, 0) is 16.6 Å². The van der Waals surface area contributed by atoms with Gasteiger partial charge in [-0.1, -0.05) is 48.5 Å². The minimum Gasteiger partial charge on any atom is -0.463 e. The van der Waals surface area contributed by atoms with Gasteiger partial charge in [-0.05, 0) is 31.6 Å². The topological polar surface area (TPSA) is 31.2 Å². The van der Waals surface area contributed by atoms with Gasteiger partial charge in [-0.2, -0.15) is 0 Å². The lowest BCUT2D eigenvalue weighted by Crippen LogP contribution is -2.04. The Hall–Kier alpha value is -2.81. The zero-order chi connectivity index (χ0) is 17.1. The molecule has 0 radical (unpaired) electrons.